The summed E-state index contributed by atoms with van der Waals surface area (Å²) < 4.78 is 23.9. The van der Waals surface area contributed by atoms with Gasteiger partial charge in [-0.2, -0.15) is 0 Å². The van der Waals surface area contributed by atoms with Crippen molar-refractivity contribution in [3.63, 3.8) is 0 Å². The van der Waals surface area contributed by atoms with E-state index in [1.165, 1.54) is 6.07 Å². The van der Waals surface area contributed by atoms with E-state index in [4.69, 9.17) is 9.47 Å². The van der Waals surface area contributed by atoms with Crippen LogP contribution in [0.3, 0.4) is 0 Å². The van der Waals surface area contributed by atoms with Gasteiger partial charge >= 0.3 is 0 Å². The minimum absolute atomic E-state index is 0.0969. The second-order valence-corrected chi connectivity index (χ2v) is 4.66. The van der Waals surface area contributed by atoms with Gasteiger partial charge in [-0.25, -0.2) is 4.39 Å². The number of benzene rings is 1. The fourth-order valence-corrected chi connectivity index (χ4v) is 1.95. The molecule has 0 bridgehead atoms. The van der Waals surface area contributed by atoms with Crippen molar-refractivity contribution in [3.05, 3.63) is 29.6 Å². The molecule has 1 aliphatic heterocycles. The normalized spacial score (nSPS) is 18.3. The lowest BCUT2D eigenvalue weighted by atomic mass is 10.2. The standard InChI is InChI=1S/C14H18FNO3/c1-10-4-5-12(15)13(7-10)19-9-14(17)16-8-11-3-2-6-18-11/h4-5,7,11H,2-3,6,8-9H2,1H3,(H,16,17)/t11-/m0/s1. The SMILES string of the molecule is Cc1ccc(F)c(OCC(=O)NC[C@@H]2CCCO2)c1. The Hall–Kier alpha value is -1.62. The first-order valence-corrected chi connectivity index (χ1v) is 6.42. The molecule has 0 aliphatic carbocycles. The van der Waals surface area contributed by atoms with Crippen molar-refractivity contribution in [2.75, 3.05) is 19.8 Å². The predicted molar refractivity (Wildman–Crippen MR) is 68.6 cm³/mol. The number of carbonyl (C=O) groups is 1. The van der Waals surface area contributed by atoms with Crippen LogP contribution < -0.4 is 10.1 Å². The van der Waals surface area contributed by atoms with Crippen molar-refractivity contribution < 1.29 is 18.7 Å². The summed E-state index contributed by atoms with van der Waals surface area (Å²) in [6.07, 6.45) is 2.10. The van der Waals surface area contributed by atoms with Crippen LogP contribution in [0.5, 0.6) is 5.75 Å². The molecule has 1 aliphatic rings. The lowest BCUT2D eigenvalue weighted by Crippen LogP contribution is -2.35. The van der Waals surface area contributed by atoms with Gasteiger partial charge in [-0.05, 0) is 37.5 Å². The summed E-state index contributed by atoms with van der Waals surface area (Å²) in [6.45, 7) is 2.89. The molecular formula is C14H18FNO3. The number of carbonyl (C=O) groups excluding carboxylic acids is 1. The van der Waals surface area contributed by atoms with Crippen molar-refractivity contribution in [1.82, 2.24) is 5.32 Å². The first kappa shape index (κ1) is 13.8. The zero-order valence-electron chi connectivity index (χ0n) is 10.9. The molecule has 1 heterocycles. The van der Waals surface area contributed by atoms with Gasteiger partial charge in [0.2, 0.25) is 0 Å². The van der Waals surface area contributed by atoms with E-state index in [1.54, 1.807) is 12.1 Å². The van der Waals surface area contributed by atoms with Gasteiger partial charge in [0, 0.05) is 13.2 Å². The molecule has 4 nitrogen and oxygen atoms in total. The monoisotopic (exact) mass is 267 g/mol. The fraction of sp³-hybridized carbons (Fsp3) is 0.500. The lowest BCUT2D eigenvalue weighted by Gasteiger charge is -2.11. The molecule has 1 N–H and O–H groups in total. The summed E-state index contributed by atoms with van der Waals surface area (Å²) >= 11 is 0. The maximum atomic E-state index is 13.4. The molecule has 2 rings (SSSR count). The lowest BCUT2D eigenvalue weighted by molar-refractivity contribution is -0.123. The van der Waals surface area contributed by atoms with Crippen LogP contribution in [0.25, 0.3) is 0 Å². The summed E-state index contributed by atoms with van der Waals surface area (Å²) in [7, 11) is 0. The van der Waals surface area contributed by atoms with Crippen LogP contribution in [-0.2, 0) is 9.53 Å². The highest BCUT2D eigenvalue weighted by molar-refractivity contribution is 5.77. The smallest absolute Gasteiger partial charge is 0.258 e. The number of rotatable bonds is 5. The Balaban J connectivity index is 1.74. The van der Waals surface area contributed by atoms with Gasteiger partial charge in [0.15, 0.2) is 18.2 Å². The predicted octanol–water partition coefficient (Wildman–Crippen LogP) is 1.81. The molecule has 0 saturated carbocycles. The van der Waals surface area contributed by atoms with Crippen LogP contribution in [0.2, 0.25) is 0 Å². The average Bonchev–Trinajstić information content (AvgIpc) is 2.90. The summed E-state index contributed by atoms with van der Waals surface area (Å²) in [6, 6.07) is 4.55. The van der Waals surface area contributed by atoms with Gasteiger partial charge in [-0.3, -0.25) is 4.79 Å². The minimum Gasteiger partial charge on any atom is -0.481 e. The van der Waals surface area contributed by atoms with Crippen molar-refractivity contribution in [3.8, 4) is 5.75 Å². The van der Waals surface area contributed by atoms with Crippen LogP contribution >= 0.6 is 0 Å². The Morgan fingerprint density at radius 3 is 3.16 bits per heavy atom. The molecule has 0 radical (unpaired) electrons. The molecule has 1 fully saturated rings. The summed E-state index contributed by atoms with van der Waals surface area (Å²) in [5.74, 6) is -0.624. The molecule has 104 valence electrons. The number of aryl methyl sites for hydroxylation is 1. The number of hydrogen-bond acceptors (Lipinski definition) is 3. The molecule has 19 heavy (non-hydrogen) atoms. The van der Waals surface area contributed by atoms with Crippen molar-refractivity contribution in [1.29, 1.82) is 0 Å². The van der Waals surface area contributed by atoms with Gasteiger partial charge in [-0.15, -0.1) is 0 Å². The molecule has 0 spiro atoms. The Kier molecular flexibility index (Phi) is 4.74. The van der Waals surface area contributed by atoms with Crippen LogP contribution in [0, 0.1) is 12.7 Å². The number of ether oxygens (including phenoxy) is 2. The minimum atomic E-state index is -0.461. The Bertz CT molecular complexity index is 444. The molecule has 1 aromatic rings. The molecule has 5 heteroatoms. The molecule has 1 atom stereocenters. The summed E-state index contributed by atoms with van der Waals surface area (Å²) in [5.41, 5.74) is 0.885. The summed E-state index contributed by atoms with van der Waals surface area (Å²) in [5, 5.41) is 2.72. The van der Waals surface area contributed by atoms with E-state index in [-0.39, 0.29) is 24.4 Å². The Labute approximate surface area is 111 Å². The average molecular weight is 267 g/mol. The third kappa shape index (κ3) is 4.21. The zero-order chi connectivity index (χ0) is 13.7. The van der Waals surface area contributed by atoms with Crippen molar-refractivity contribution >= 4 is 5.91 Å². The van der Waals surface area contributed by atoms with E-state index < -0.39 is 5.82 Å². The number of nitrogens with one attached hydrogen (secondary N) is 1. The van der Waals surface area contributed by atoms with Crippen molar-refractivity contribution in [2.45, 2.75) is 25.9 Å². The van der Waals surface area contributed by atoms with E-state index in [0.29, 0.717) is 6.54 Å². The van der Waals surface area contributed by atoms with E-state index in [1.807, 2.05) is 6.92 Å². The van der Waals surface area contributed by atoms with Crippen molar-refractivity contribution in [2.24, 2.45) is 0 Å². The first-order valence-electron chi connectivity index (χ1n) is 6.42. The van der Waals surface area contributed by atoms with Crippen LogP contribution in [0.1, 0.15) is 18.4 Å². The van der Waals surface area contributed by atoms with Crippen LogP contribution in [-0.4, -0.2) is 31.8 Å². The number of hydrogen-bond donors (Lipinski definition) is 1. The molecule has 0 aromatic heterocycles. The first-order chi connectivity index (χ1) is 9.15. The van der Waals surface area contributed by atoms with Gasteiger partial charge in [0.1, 0.15) is 0 Å². The molecular weight excluding hydrogens is 249 g/mol. The highest BCUT2D eigenvalue weighted by Gasteiger charge is 2.16. The number of halogens is 1. The van der Waals surface area contributed by atoms with Crippen LogP contribution in [0.4, 0.5) is 4.39 Å². The van der Waals surface area contributed by atoms with Crippen LogP contribution in [0.15, 0.2) is 18.2 Å². The molecule has 1 saturated heterocycles. The largest absolute Gasteiger partial charge is 0.481 e. The zero-order valence-corrected chi connectivity index (χ0v) is 10.9. The Morgan fingerprint density at radius 1 is 1.58 bits per heavy atom. The second-order valence-electron chi connectivity index (χ2n) is 4.66. The molecule has 0 unspecified atom stereocenters. The highest BCUT2D eigenvalue weighted by atomic mass is 19.1. The topological polar surface area (TPSA) is 47.6 Å². The quantitative estimate of drug-likeness (QED) is 0.885. The van der Waals surface area contributed by atoms with E-state index >= 15 is 0 Å². The third-order valence-electron chi connectivity index (χ3n) is 3.00. The Morgan fingerprint density at radius 2 is 2.42 bits per heavy atom. The highest BCUT2D eigenvalue weighted by Crippen LogP contribution is 2.18. The van der Waals surface area contributed by atoms with Gasteiger partial charge in [0.25, 0.3) is 5.91 Å². The maximum absolute atomic E-state index is 13.4. The molecule has 1 aromatic carbocycles. The maximum Gasteiger partial charge on any atom is 0.258 e. The summed E-state index contributed by atoms with van der Waals surface area (Å²) in [4.78, 5) is 11.6. The van der Waals surface area contributed by atoms with Gasteiger partial charge in [-0.1, -0.05) is 6.07 Å². The van der Waals surface area contributed by atoms with E-state index in [9.17, 15) is 9.18 Å². The van der Waals surface area contributed by atoms with Gasteiger partial charge in [0.05, 0.1) is 6.10 Å². The third-order valence-corrected chi connectivity index (χ3v) is 3.00. The number of amides is 1. The van der Waals surface area contributed by atoms with Gasteiger partial charge < -0.3 is 14.8 Å². The fourth-order valence-electron chi connectivity index (χ4n) is 1.95. The molecule has 1 amide bonds. The van der Waals surface area contributed by atoms with E-state index in [2.05, 4.69) is 5.32 Å². The van der Waals surface area contributed by atoms with E-state index in [0.717, 1.165) is 25.0 Å². The second kappa shape index (κ2) is 6.52.